The van der Waals surface area contributed by atoms with Crippen molar-refractivity contribution in [3.05, 3.63) is 69.5 Å². The van der Waals surface area contributed by atoms with E-state index in [0.717, 1.165) is 18.4 Å². The number of fused-ring (bicyclic) bond motifs is 1. The topological polar surface area (TPSA) is 12.0 Å². The van der Waals surface area contributed by atoms with Gasteiger partial charge in [-0.15, -0.1) is 6.42 Å². The van der Waals surface area contributed by atoms with Gasteiger partial charge in [-0.1, -0.05) is 50.5 Å². The first kappa shape index (κ1) is 23.2. The van der Waals surface area contributed by atoms with Crippen molar-refractivity contribution in [2.75, 3.05) is 13.1 Å². The van der Waals surface area contributed by atoms with Crippen molar-refractivity contribution in [1.29, 1.82) is 0 Å². The van der Waals surface area contributed by atoms with Gasteiger partial charge in [0, 0.05) is 5.56 Å². The summed E-state index contributed by atoms with van der Waals surface area (Å²) in [6.07, 6.45) is 9.67. The molecule has 0 saturated heterocycles. The summed E-state index contributed by atoms with van der Waals surface area (Å²) in [6, 6.07) is 9.68. The van der Waals surface area contributed by atoms with Crippen LogP contribution >= 0.6 is 0 Å². The molecule has 29 heavy (non-hydrogen) atoms. The number of rotatable bonds is 6. The van der Waals surface area contributed by atoms with Crippen LogP contribution in [0.25, 0.3) is 0 Å². The number of hydrogen-bond donors (Lipinski definition) is 1. The van der Waals surface area contributed by atoms with Crippen LogP contribution < -0.4 is 5.32 Å². The van der Waals surface area contributed by atoms with E-state index in [1.165, 1.54) is 54.3 Å². The van der Waals surface area contributed by atoms with E-state index >= 15 is 0 Å². The molecule has 2 aromatic carbocycles. The van der Waals surface area contributed by atoms with Crippen molar-refractivity contribution < 1.29 is 4.39 Å². The second-order valence-corrected chi connectivity index (χ2v) is 8.34. The summed E-state index contributed by atoms with van der Waals surface area (Å²) >= 11 is 0. The molecule has 0 amide bonds. The van der Waals surface area contributed by atoms with Gasteiger partial charge in [0.05, 0.1) is 0 Å². The maximum atomic E-state index is 14.3. The molecule has 0 fully saturated rings. The third-order valence-corrected chi connectivity index (χ3v) is 5.78. The minimum Gasteiger partial charge on any atom is -0.317 e. The molecule has 0 aliphatic heterocycles. The van der Waals surface area contributed by atoms with E-state index in [2.05, 4.69) is 58.0 Å². The summed E-state index contributed by atoms with van der Waals surface area (Å²) in [7, 11) is 0. The molecule has 1 N–H and O–H groups in total. The Kier molecular flexibility index (Phi) is 8.93. The standard InChI is InChI=1S/C21H21F.C6H15N/c1-5-16-6-7-17(21(22)11-16)12-19-15(4)10-18-14(3)8-13(2)9-20(18)19;1-3-5-7-6-4-2/h1,6-9,11,15,19H,10,12H2,2-4H3;7H,3-6H2,1-2H3/t15?,19-;/m1./s1. The molecule has 0 aromatic heterocycles. The van der Waals surface area contributed by atoms with Crippen molar-refractivity contribution in [3.63, 3.8) is 0 Å². The molecule has 2 heteroatoms. The zero-order chi connectivity index (χ0) is 21.4. The van der Waals surface area contributed by atoms with E-state index in [1.54, 1.807) is 0 Å². The third-order valence-electron chi connectivity index (χ3n) is 5.78. The fourth-order valence-corrected chi connectivity index (χ4v) is 4.24. The van der Waals surface area contributed by atoms with E-state index < -0.39 is 0 Å². The molecule has 3 rings (SSSR count). The van der Waals surface area contributed by atoms with Crippen molar-refractivity contribution in [2.45, 2.75) is 66.2 Å². The number of terminal acetylenes is 1. The molecule has 1 aliphatic carbocycles. The Morgan fingerprint density at radius 1 is 1.10 bits per heavy atom. The number of halogens is 1. The SMILES string of the molecule is C#Cc1ccc(C[C@H]2c3cc(C)cc(C)c3CC2C)c(F)c1.CCCNCCC. The summed E-state index contributed by atoms with van der Waals surface area (Å²) < 4.78 is 14.3. The van der Waals surface area contributed by atoms with Gasteiger partial charge in [-0.05, 0) is 98.8 Å². The second-order valence-electron chi connectivity index (χ2n) is 8.34. The normalized spacial score (nSPS) is 17.3. The highest BCUT2D eigenvalue weighted by atomic mass is 19.1. The molecule has 0 bridgehead atoms. The first-order chi connectivity index (χ1) is 13.9. The van der Waals surface area contributed by atoms with Crippen LogP contribution in [0.2, 0.25) is 0 Å². The van der Waals surface area contributed by atoms with Crippen LogP contribution in [0.1, 0.15) is 72.9 Å². The van der Waals surface area contributed by atoms with Crippen LogP contribution in [0, 0.1) is 37.9 Å². The van der Waals surface area contributed by atoms with Gasteiger partial charge in [0.2, 0.25) is 0 Å². The van der Waals surface area contributed by atoms with Gasteiger partial charge >= 0.3 is 0 Å². The van der Waals surface area contributed by atoms with Gasteiger partial charge in [-0.25, -0.2) is 4.39 Å². The highest BCUT2D eigenvalue weighted by Gasteiger charge is 2.31. The first-order valence-electron chi connectivity index (χ1n) is 11.0. The fraction of sp³-hybridized carbons (Fsp3) is 0.481. The molecule has 156 valence electrons. The molecule has 1 aliphatic rings. The molecule has 0 radical (unpaired) electrons. The predicted molar refractivity (Wildman–Crippen MR) is 123 cm³/mol. The Bertz CT molecular complexity index is 842. The quantitative estimate of drug-likeness (QED) is 0.446. The van der Waals surface area contributed by atoms with E-state index in [4.69, 9.17) is 6.42 Å². The van der Waals surface area contributed by atoms with Crippen molar-refractivity contribution in [1.82, 2.24) is 5.32 Å². The van der Waals surface area contributed by atoms with E-state index in [-0.39, 0.29) is 5.82 Å². The lowest BCUT2D eigenvalue weighted by atomic mass is 9.87. The smallest absolute Gasteiger partial charge is 0.127 e. The van der Waals surface area contributed by atoms with E-state index in [1.807, 2.05) is 12.1 Å². The monoisotopic (exact) mass is 393 g/mol. The zero-order valence-corrected chi connectivity index (χ0v) is 18.7. The molecule has 2 atom stereocenters. The minimum atomic E-state index is -0.180. The van der Waals surface area contributed by atoms with Gasteiger partial charge in [-0.2, -0.15) is 0 Å². The van der Waals surface area contributed by atoms with Crippen LogP contribution in [-0.2, 0) is 12.8 Å². The maximum Gasteiger partial charge on any atom is 0.127 e. The molecule has 0 heterocycles. The number of aryl methyl sites for hydroxylation is 2. The molecular formula is C27H36FN. The van der Waals surface area contributed by atoms with E-state index in [0.29, 0.717) is 17.4 Å². The molecule has 0 saturated carbocycles. The maximum absolute atomic E-state index is 14.3. The minimum absolute atomic E-state index is 0.180. The Balaban J connectivity index is 0.000000370. The van der Waals surface area contributed by atoms with E-state index in [9.17, 15) is 4.39 Å². The van der Waals surface area contributed by atoms with Gasteiger partial charge in [-0.3, -0.25) is 0 Å². The second kappa shape index (κ2) is 11.2. The summed E-state index contributed by atoms with van der Waals surface area (Å²) in [5.74, 6) is 3.24. The van der Waals surface area contributed by atoms with Crippen LogP contribution in [0.15, 0.2) is 30.3 Å². The lowest BCUT2D eigenvalue weighted by Gasteiger charge is -2.18. The average Bonchev–Trinajstić information content (AvgIpc) is 3.00. The first-order valence-corrected chi connectivity index (χ1v) is 11.0. The van der Waals surface area contributed by atoms with Gasteiger partial charge < -0.3 is 5.32 Å². The summed E-state index contributed by atoms with van der Waals surface area (Å²) in [4.78, 5) is 0. The summed E-state index contributed by atoms with van der Waals surface area (Å²) in [5.41, 5.74) is 6.90. The van der Waals surface area contributed by atoms with Crippen molar-refractivity contribution >= 4 is 0 Å². The summed E-state index contributed by atoms with van der Waals surface area (Å²) in [5, 5.41) is 3.28. The number of nitrogens with one attached hydrogen (secondary N) is 1. The molecule has 1 unspecified atom stereocenters. The predicted octanol–water partition coefficient (Wildman–Crippen LogP) is 6.34. The Morgan fingerprint density at radius 2 is 1.79 bits per heavy atom. The Hall–Kier alpha value is -2.11. The van der Waals surface area contributed by atoms with Gasteiger partial charge in [0.15, 0.2) is 0 Å². The van der Waals surface area contributed by atoms with Crippen LogP contribution in [0.3, 0.4) is 0 Å². The summed E-state index contributed by atoms with van der Waals surface area (Å²) in [6.45, 7) is 13.3. The highest BCUT2D eigenvalue weighted by molar-refractivity contribution is 5.45. The molecule has 2 aromatic rings. The van der Waals surface area contributed by atoms with Crippen molar-refractivity contribution in [2.24, 2.45) is 5.92 Å². The zero-order valence-electron chi connectivity index (χ0n) is 18.7. The third kappa shape index (κ3) is 6.18. The number of benzene rings is 2. The number of hydrogen-bond acceptors (Lipinski definition) is 1. The van der Waals surface area contributed by atoms with Gasteiger partial charge in [0.1, 0.15) is 5.82 Å². The molecular weight excluding hydrogens is 357 g/mol. The lowest BCUT2D eigenvalue weighted by Crippen LogP contribution is -2.14. The van der Waals surface area contributed by atoms with Crippen molar-refractivity contribution in [3.8, 4) is 12.3 Å². The van der Waals surface area contributed by atoms with Gasteiger partial charge in [0.25, 0.3) is 0 Å². The van der Waals surface area contributed by atoms with Crippen LogP contribution in [0.4, 0.5) is 4.39 Å². The average molecular weight is 394 g/mol. The lowest BCUT2D eigenvalue weighted by molar-refractivity contribution is 0.485. The van der Waals surface area contributed by atoms with Crippen LogP contribution in [-0.4, -0.2) is 13.1 Å². The largest absolute Gasteiger partial charge is 0.317 e. The van der Waals surface area contributed by atoms with Crippen LogP contribution in [0.5, 0.6) is 0 Å². The molecule has 1 nitrogen and oxygen atoms in total. The fourth-order valence-electron chi connectivity index (χ4n) is 4.24. The Labute approximate surface area is 177 Å². The highest BCUT2D eigenvalue weighted by Crippen LogP contribution is 2.42. The Morgan fingerprint density at radius 3 is 2.38 bits per heavy atom. The molecule has 0 spiro atoms.